The molecule has 1 aliphatic carbocycles. The van der Waals surface area contributed by atoms with E-state index in [4.69, 9.17) is 4.74 Å². The van der Waals surface area contributed by atoms with Crippen molar-refractivity contribution in [3.8, 4) is 5.69 Å². The molecule has 4 rings (SSSR count). The SMILES string of the molecule is O=C(NC[C@H]1CCCO1)c1cc(C2CC2)nn1-c1ccccc1. The smallest absolute Gasteiger partial charge is 0.270 e. The molecule has 0 unspecified atom stereocenters. The summed E-state index contributed by atoms with van der Waals surface area (Å²) in [5.41, 5.74) is 2.55. The Morgan fingerprint density at radius 1 is 1.26 bits per heavy atom. The predicted octanol–water partition coefficient (Wildman–Crippen LogP) is 2.66. The molecule has 5 heteroatoms. The summed E-state index contributed by atoms with van der Waals surface area (Å²) in [5.74, 6) is 0.438. The van der Waals surface area contributed by atoms with Crippen LogP contribution in [-0.4, -0.2) is 34.9 Å². The highest BCUT2D eigenvalue weighted by Crippen LogP contribution is 2.39. The summed E-state index contributed by atoms with van der Waals surface area (Å²) >= 11 is 0. The maximum atomic E-state index is 12.6. The van der Waals surface area contributed by atoms with E-state index in [1.54, 1.807) is 4.68 Å². The van der Waals surface area contributed by atoms with Crippen LogP contribution < -0.4 is 5.32 Å². The Kier molecular flexibility index (Phi) is 3.87. The number of rotatable bonds is 5. The molecule has 2 aliphatic rings. The quantitative estimate of drug-likeness (QED) is 0.923. The number of para-hydroxylation sites is 1. The van der Waals surface area contributed by atoms with Crippen molar-refractivity contribution in [2.45, 2.75) is 37.7 Å². The van der Waals surface area contributed by atoms with Crippen LogP contribution in [0.25, 0.3) is 5.69 Å². The zero-order valence-electron chi connectivity index (χ0n) is 13.1. The van der Waals surface area contributed by atoms with Crippen molar-refractivity contribution in [2.75, 3.05) is 13.2 Å². The van der Waals surface area contributed by atoms with Crippen molar-refractivity contribution in [1.82, 2.24) is 15.1 Å². The molecular weight excluding hydrogens is 290 g/mol. The molecule has 23 heavy (non-hydrogen) atoms. The molecule has 1 amide bonds. The second kappa shape index (κ2) is 6.16. The first-order chi connectivity index (χ1) is 11.3. The summed E-state index contributed by atoms with van der Waals surface area (Å²) < 4.78 is 7.33. The zero-order chi connectivity index (χ0) is 15.6. The molecule has 0 spiro atoms. The van der Waals surface area contributed by atoms with Crippen LogP contribution in [0, 0.1) is 0 Å². The van der Waals surface area contributed by atoms with Gasteiger partial charge in [0.1, 0.15) is 5.69 Å². The molecular formula is C18H21N3O2. The molecule has 1 aromatic carbocycles. The van der Waals surface area contributed by atoms with Gasteiger partial charge in [-0.1, -0.05) is 18.2 Å². The Morgan fingerprint density at radius 3 is 2.78 bits per heavy atom. The summed E-state index contributed by atoms with van der Waals surface area (Å²) in [6, 6.07) is 11.8. The highest BCUT2D eigenvalue weighted by molar-refractivity contribution is 5.93. The number of ether oxygens (including phenoxy) is 1. The van der Waals surface area contributed by atoms with E-state index in [-0.39, 0.29) is 12.0 Å². The molecule has 2 heterocycles. The fraction of sp³-hybridized carbons (Fsp3) is 0.444. The van der Waals surface area contributed by atoms with Gasteiger partial charge in [0.2, 0.25) is 0 Å². The van der Waals surface area contributed by atoms with E-state index in [0.717, 1.165) is 30.8 Å². The van der Waals surface area contributed by atoms with Crippen molar-refractivity contribution in [3.63, 3.8) is 0 Å². The fourth-order valence-corrected chi connectivity index (χ4v) is 3.01. The van der Waals surface area contributed by atoms with Crippen LogP contribution in [0.4, 0.5) is 0 Å². The minimum atomic E-state index is -0.0799. The second-order valence-corrected chi connectivity index (χ2v) is 6.32. The number of carbonyl (C=O) groups is 1. The van der Waals surface area contributed by atoms with Crippen LogP contribution in [0.2, 0.25) is 0 Å². The van der Waals surface area contributed by atoms with Crippen LogP contribution in [-0.2, 0) is 4.74 Å². The molecule has 0 radical (unpaired) electrons. The Morgan fingerprint density at radius 2 is 2.09 bits per heavy atom. The van der Waals surface area contributed by atoms with Gasteiger partial charge >= 0.3 is 0 Å². The maximum absolute atomic E-state index is 12.6. The average molecular weight is 311 g/mol. The Bertz CT molecular complexity index is 686. The van der Waals surface area contributed by atoms with Gasteiger partial charge < -0.3 is 10.1 Å². The number of nitrogens with zero attached hydrogens (tertiary/aromatic N) is 2. The van der Waals surface area contributed by atoms with E-state index < -0.39 is 0 Å². The lowest BCUT2D eigenvalue weighted by atomic mass is 10.2. The van der Waals surface area contributed by atoms with Crippen LogP contribution >= 0.6 is 0 Å². The summed E-state index contributed by atoms with van der Waals surface area (Å²) in [6.45, 7) is 1.37. The molecule has 1 aromatic heterocycles. The minimum Gasteiger partial charge on any atom is -0.376 e. The summed E-state index contributed by atoms with van der Waals surface area (Å²) in [7, 11) is 0. The van der Waals surface area contributed by atoms with Crippen molar-refractivity contribution < 1.29 is 9.53 Å². The number of hydrogen-bond donors (Lipinski definition) is 1. The van der Waals surface area contributed by atoms with E-state index in [2.05, 4.69) is 10.4 Å². The second-order valence-electron chi connectivity index (χ2n) is 6.32. The van der Waals surface area contributed by atoms with Gasteiger partial charge in [-0.3, -0.25) is 4.79 Å². The van der Waals surface area contributed by atoms with Gasteiger partial charge in [-0.15, -0.1) is 0 Å². The molecule has 1 saturated carbocycles. The minimum absolute atomic E-state index is 0.0799. The monoisotopic (exact) mass is 311 g/mol. The van der Waals surface area contributed by atoms with Crippen LogP contribution in [0.3, 0.4) is 0 Å². The van der Waals surface area contributed by atoms with Crippen molar-refractivity contribution in [3.05, 3.63) is 47.8 Å². The van der Waals surface area contributed by atoms with Crippen molar-refractivity contribution in [2.24, 2.45) is 0 Å². The summed E-state index contributed by atoms with van der Waals surface area (Å²) in [6.07, 6.45) is 4.58. The largest absolute Gasteiger partial charge is 0.376 e. The molecule has 2 aromatic rings. The predicted molar refractivity (Wildman–Crippen MR) is 86.8 cm³/mol. The van der Waals surface area contributed by atoms with E-state index >= 15 is 0 Å². The molecule has 5 nitrogen and oxygen atoms in total. The number of carbonyl (C=O) groups excluding carboxylic acids is 1. The van der Waals surface area contributed by atoms with Crippen molar-refractivity contribution >= 4 is 5.91 Å². The van der Waals surface area contributed by atoms with Gasteiger partial charge in [0.25, 0.3) is 5.91 Å². The molecule has 0 bridgehead atoms. The van der Waals surface area contributed by atoms with Gasteiger partial charge in [0, 0.05) is 19.1 Å². The summed E-state index contributed by atoms with van der Waals surface area (Å²) in [5, 5.41) is 7.67. The molecule has 1 atom stereocenters. The summed E-state index contributed by atoms with van der Waals surface area (Å²) in [4.78, 5) is 12.6. The molecule has 2 fully saturated rings. The first-order valence-electron chi connectivity index (χ1n) is 8.36. The molecule has 1 aliphatic heterocycles. The average Bonchev–Trinajstić information content (AvgIpc) is 3.13. The third-order valence-corrected chi connectivity index (χ3v) is 4.47. The molecule has 120 valence electrons. The third-order valence-electron chi connectivity index (χ3n) is 4.47. The molecule has 1 saturated heterocycles. The highest BCUT2D eigenvalue weighted by Gasteiger charge is 2.29. The normalized spacial score (nSPS) is 20.6. The Hall–Kier alpha value is -2.14. The lowest BCUT2D eigenvalue weighted by molar-refractivity contribution is 0.0851. The fourth-order valence-electron chi connectivity index (χ4n) is 3.01. The standard InChI is InChI=1S/C18H21N3O2/c22-18(19-12-15-7-4-10-23-15)17-11-16(13-8-9-13)20-21(17)14-5-2-1-3-6-14/h1-3,5-6,11,13,15H,4,7-10,12H2,(H,19,22)/t15-/m1/s1. The third kappa shape index (κ3) is 3.15. The number of nitrogens with one attached hydrogen (secondary N) is 1. The highest BCUT2D eigenvalue weighted by atomic mass is 16.5. The van der Waals surface area contributed by atoms with Crippen molar-refractivity contribution in [1.29, 1.82) is 0 Å². The lowest BCUT2D eigenvalue weighted by Gasteiger charge is -2.11. The first kappa shape index (κ1) is 14.5. The van der Waals surface area contributed by atoms with Gasteiger partial charge in [-0.2, -0.15) is 5.10 Å². The Labute approximate surface area is 135 Å². The molecule has 1 N–H and O–H groups in total. The van der Waals surface area contributed by atoms with E-state index in [1.165, 1.54) is 12.8 Å². The van der Waals surface area contributed by atoms with E-state index in [1.807, 2.05) is 36.4 Å². The lowest BCUT2D eigenvalue weighted by Crippen LogP contribution is -2.33. The Balaban J connectivity index is 1.57. The van der Waals surface area contributed by atoms with E-state index in [0.29, 0.717) is 18.2 Å². The van der Waals surface area contributed by atoms with Gasteiger partial charge in [-0.25, -0.2) is 4.68 Å². The van der Waals surface area contributed by atoms with Crippen LogP contribution in [0.5, 0.6) is 0 Å². The van der Waals surface area contributed by atoms with E-state index in [9.17, 15) is 4.79 Å². The first-order valence-corrected chi connectivity index (χ1v) is 8.36. The van der Waals surface area contributed by atoms with Crippen LogP contribution in [0.15, 0.2) is 36.4 Å². The number of amides is 1. The zero-order valence-corrected chi connectivity index (χ0v) is 13.1. The number of aromatic nitrogens is 2. The van der Waals surface area contributed by atoms with Gasteiger partial charge in [0.05, 0.1) is 17.5 Å². The maximum Gasteiger partial charge on any atom is 0.270 e. The number of benzene rings is 1. The van der Waals surface area contributed by atoms with Gasteiger partial charge in [0.15, 0.2) is 0 Å². The van der Waals surface area contributed by atoms with Gasteiger partial charge in [-0.05, 0) is 43.9 Å². The topological polar surface area (TPSA) is 56.1 Å². The van der Waals surface area contributed by atoms with Crippen LogP contribution in [0.1, 0.15) is 47.8 Å². The number of hydrogen-bond acceptors (Lipinski definition) is 3.